The van der Waals surface area contributed by atoms with E-state index in [1.807, 2.05) is 43.3 Å². The molecule has 3 N–H and O–H groups in total. The predicted molar refractivity (Wildman–Crippen MR) is 117 cm³/mol. The molecule has 0 saturated carbocycles. The van der Waals surface area contributed by atoms with Crippen LogP contribution in [0, 0.1) is 6.92 Å². The molecule has 7 heteroatoms. The van der Waals surface area contributed by atoms with Gasteiger partial charge in [-0.15, -0.1) is 0 Å². The average molecular weight is 406 g/mol. The van der Waals surface area contributed by atoms with Crippen LogP contribution in [0.25, 0.3) is 10.9 Å². The molecule has 0 radical (unpaired) electrons. The van der Waals surface area contributed by atoms with Crippen LogP contribution in [0.1, 0.15) is 28.7 Å². The molecule has 0 aliphatic carbocycles. The largest absolute Gasteiger partial charge is 0.349 e. The van der Waals surface area contributed by atoms with Gasteiger partial charge in [0.25, 0.3) is 5.91 Å². The van der Waals surface area contributed by atoms with Gasteiger partial charge in [-0.25, -0.2) is 9.97 Å². The molecule has 0 atom stereocenters. The van der Waals surface area contributed by atoms with Gasteiger partial charge in [-0.1, -0.05) is 36.7 Å². The molecule has 0 aliphatic rings. The summed E-state index contributed by atoms with van der Waals surface area (Å²) in [4.78, 5) is 24.3. The minimum atomic E-state index is -0.220. The third kappa shape index (κ3) is 4.07. The second-order valence-corrected chi connectivity index (χ2v) is 7.14. The standard InChI is InChI=1S/C22H20ClN5O/c1-3-14-7-8-16(26-20-9-13(2)24-12-25-20)11-18(14)28-22(29)19-10-15-5-4-6-17(23)21(15)27-19/h4-12,27H,3H2,1-2H3,(H,28,29)(H,24,25,26). The molecule has 6 nitrogen and oxygen atoms in total. The van der Waals surface area contributed by atoms with Crippen molar-refractivity contribution in [3.8, 4) is 0 Å². The highest BCUT2D eigenvalue weighted by atomic mass is 35.5. The first-order valence-electron chi connectivity index (χ1n) is 9.30. The van der Waals surface area contributed by atoms with Crippen molar-refractivity contribution >= 4 is 45.6 Å². The molecule has 0 unspecified atom stereocenters. The SMILES string of the molecule is CCc1ccc(Nc2cc(C)ncn2)cc1NC(=O)c1cc2cccc(Cl)c2[nH]1. The molecule has 2 aromatic heterocycles. The van der Waals surface area contributed by atoms with Crippen LogP contribution in [0.5, 0.6) is 0 Å². The number of hydrogen-bond donors (Lipinski definition) is 3. The number of benzene rings is 2. The number of nitrogens with one attached hydrogen (secondary N) is 3. The molecule has 2 aromatic carbocycles. The molecule has 0 bridgehead atoms. The highest BCUT2D eigenvalue weighted by Gasteiger charge is 2.13. The van der Waals surface area contributed by atoms with Gasteiger partial charge in [0.2, 0.25) is 0 Å². The van der Waals surface area contributed by atoms with Crippen molar-refractivity contribution < 1.29 is 4.79 Å². The quantitative estimate of drug-likeness (QED) is 0.410. The maximum atomic E-state index is 12.9. The van der Waals surface area contributed by atoms with Crippen molar-refractivity contribution in [2.24, 2.45) is 0 Å². The zero-order chi connectivity index (χ0) is 20.4. The van der Waals surface area contributed by atoms with Crippen molar-refractivity contribution in [2.45, 2.75) is 20.3 Å². The Hall–Kier alpha value is -3.38. The normalized spacial score (nSPS) is 10.9. The summed E-state index contributed by atoms with van der Waals surface area (Å²) in [5, 5.41) is 7.74. The van der Waals surface area contributed by atoms with E-state index in [-0.39, 0.29) is 5.91 Å². The van der Waals surface area contributed by atoms with Gasteiger partial charge >= 0.3 is 0 Å². The number of para-hydroxylation sites is 1. The fraction of sp³-hybridized carbons (Fsp3) is 0.136. The zero-order valence-corrected chi connectivity index (χ0v) is 16.8. The Bertz CT molecular complexity index is 1200. The maximum absolute atomic E-state index is 12.9. The Balaban J connectivity index is 1.60. The molecule has 1 amide bonds. The van der Waals surface area contributed by atoms with Gasteiger partial charge in [0.1, 0.15) is 17.8 Å². The maximum Gasteiger partial charge on any atom is 0.272 e. The van der Waals surface area contributed by atoms with Crippen LogP contribution in [0.15, 0.2) is 54.9 Å². The summed E-state index contributed by atoms with van der Waals surface area (Å²) in [6.45, 7) is 3.96. The minimum absolute atomic E-state index is 0.220. The van der Waals surface area contributed by atoms with Crippen molar-refractivity contribution in [1.29, 1.82) is 0 Å². The molecule has 2 heterocycles. The number of aromatic nitrogens is 3. The van der Waals surface area contributed by atoms with Gasteiger partial charge < -0.3 is 15.6 Å². The Labute approximate surface area is 173 Å². The lowest BCUT2D eigenvalue weighted by Crippen LogP contribution is -2.14. The smallest absolute Gasteiger partial charge is 0.272 e. The Kier molecular flexibility index (Phi) is 5.18. The molecule has 0 aliphatic heterocycles. The number of aryl methyl sites for hydroxylation is 2. The van der Waals surface area contributed by atoms with Crippen molar-refractivity contribution in [1.82, 2.24) is 15.0 Å². The number of halogens is 1. The topological polar surface area (TPSA) is 82.7 Å². The summed E-state index contributed by atoms with van der Waals surface area (Å²) in [6, 6.07) is 15.1. The molecule has 146 valence electrons. The molecule has 0 saturated heterocycles. The monoisotopic (exact) mass is 405 g/mol. The van der Waals surface area contributed by atoms with Gasteiger partial charge in [-0.2, -0.15) is 0 Å². The molecule has 0 spiro atoms. The van der Waals surface area contributed by atoms with E-state index in [0.717, 1.165) is 40.0 Å². The van der Waals surface area contributed by atoms with E-state index in [9.17, 15) is 4.79 Å². The summed E-state index contributed by atoms with van der Waals surface area (Å²) in [5.41, 5.74) is 4.70. The second kappa shape index (κ2) is 7.93. The third-order valence-corrected chi connectivity index (χ3v) is 4.98. The second-order valence-electron chi connectivity index (χ2n) is 6.74. The fourth-order valence-corrected chi connectivity index (χ4v) is 3.41. The van der Waals surface area contributed by atoms with Crippen molar-refractivity contribution in [3.63, 3.8) is 0 Å². The number of aromatic amines is 1. The van der Waals surface area contributed by atoms with E-state index in [2.05, 4.69) is 32.5 Å². The van der Waals surface area contributed by atoms with Crippen LogP contribution in [-0.4, -0.2) is 20.9 Å². The van der Waals surface area contributed by atoms with E-state index in [4.69, 9.17) is 11.6 Å². The van der Waals surface area contributed by atoms with Gasteiger partial charge in [0.05, 0.1) is 10.5 Å². The van der Waals surface area contributed by atoms with Crippen molar-refractivity contribution in [2.75, 3.05) is 10.6 Å². The number of rotatable bonds is 5. The lowest BCUT2D eigenvalue weighted by molar-refractivity contribution is 0.102. The third-order valence-electron chi connectivity index (χ3n) is 4.67. The lowest BCUT2D eigenvalue weighted by Gasteiger charge is -2.13. The van der Waals surface area contributed by atoms with E-state index in [0.29, 0.717) is 16.5 Å². The Morgan fingerprint density at radius 2 is 2.00 bits per heavy atom. The summed E-state index contributed by atoms with van der Waals surface area (Å²) in [6.07, 6.45) is 2.31. The number of fused-ring (bicyclic) bond motifs is 1. The number of carbonyl (C=O) groups is 1. The van der Waals surface area contributed by atoms with Gasteiger partial charge in [-0.05, 0) is 43.2 Å². The first kappa shape index (κ1) is 19.0. The molecule has 4 aromatic rings. The highest BCUT2D eigenvalue weighted by Crippen LogP contribution is 2.26. The summed E-state index contributed by atoms with van der Waals surface area (Å²) in [7, 11) is 0. The first-order chi connectivity index (χ1) is 14.0. The van der Waals surface area contributed by atoms with E-state index in [1.165, 1.54) is 6.33 Å². The minimum Gasteiger partial charge on any atom is -0.349 e. The molecular formula is C22H20ClN5O. The van der Waals surface area contributed by atoms with Crippen molar-refractivity contribution in [3.05, 3.63) is 76.8 Å². The van der Waals surface area contributed by atoms with Gasteiger partial charge in [-0.3, -0.25) is 4.79 Å². The van der Waals surface area contributed by atoms with Gasteiger partial charge in [0.15, 0.2) is 0 Å². The fourth-order valence-electron chi connectivity index (χ4n) is 3.18. The number of anilines is 3. The number of hydrogen-bond acceptors (Lipinski definition) is 4. The number of nitrogens with zero attached hydrogens (tertiary/aromatic N) is 2. The number of H-pyrrole nitrogens is 1. The highest BCUT2D eigenvalue weighted by molar-refractivity contribution is 6.35. The zero-order valence-electron chi connectivity index (χ0n) is 16.1. The number of amides is 1. The van der Waals surface area contributed by atoms with E-state index >= 15 is 0 Å². The van der Waals surface area contributed by atoms with Crippen LogP contribution < -0.4 is 10.6 Å². The van der Waals surface area contributed by atoms with E-state index < -0.39 is 0 Å². The van der Waals surface area contributed by atoms with E-state index in [1.54, 1.807) is 12.1 Å². The molecule has 0 fully saturated rings. The Morgan fingerprint density at radius 1 is 1.14 bits per heavy atom. The first-order valence-corrected chi connectivity index (χ1v) is 9.68. The average Bonchev–Trinajstić information content (AvgIpc) is 3.14. The summed E-state index contributed by atoms with van der Waals surface area (Å²) < 4.78 is 0. The van der Waals surface area contributed by atoms with Crippen LogP contribution in [0.3, 0.4) is 0 Å². The summed E-state index contributed by atoms with van der Waals surface area (Å²) >= 11 is 6.21. The molecule has 4 rings (SSSR count). The van der Waals surface area contributed by atoms with Crippen LogP contribution in [0.4, 0.5) is 17.2 Å². The van der Waals surface area contributed by atoms with Crippen LogP contribution in [-0.2, 0) is 6.42 Å². The van der Waals surface area contributed by atoms with Crippen LogP contribution in [0.2, 0.25) is 5.02 Å². The van der Waals surface area contributed by atoms with Crippen LogP contribution >= 0.6 is 11.6 Å². The lowest BCUT2D eigenvalue weighted by atomic mass is 10.1. The molecular weight excluding hydrogens is 386 g/mol. The Morgan fingerprint density at radius 3 is 2.76 bits per heavy atom. The predicted octanol–water partition coefficient (Wildman–Crippen LogP) is 5.48. The molecule has 29 heavy (non-hydrogen) atoms. The number of carbonyl (C=O) groups excluding carboxylic acids is 1. The summed E-state index contributed by atoms with van der Waals surface area (Å²) in [5.74, 6) is 0.478. The van der Waals surface area contributed by atoms with Gasteiger partial charge in [0, 0.05) is 28.5 Å².